The molecular weight excluding hydrogens is 196 g/mol. The highest BCUT2D eigenvalue weighted by Crippen LogP contribution is 2.24. The lowest BCUT2D eigenvalue weighted by atomic mass is 10.1. The summed E-state index contributed by atoms with van der Waals surface area (Å²) in [5, 5.41) is 8.70. The van der Waals surface area contributed by atoms with E-state index < -0.39 is 5.97 Å². The molecule has 1 aromatic rings. The number of rotatable bonds is 3. The third-order valence-corrected chi connectivity index (χ3v) is 2.84. The van der Waals surface area contributed by atoms with Gasteiger partial charge >= 0.3 is 5.97 Å². The maximum atomic E-state index is 10.6. The van der Waals surface area contributed by atoms with E-state index in [1.807, 2.05) is 4.90 Å². The van der Waals surface area contributed by atoms with Crippen LogP contribution in [0.3, 0.4) is 0 Å². The van der Waals surface area contributed by atoms with Gasteiger partial charge in [0, 0.05) is 13.1 Å². The smallest absolute Gasteiger partial charge is 0.357 e. The third-order valence-electron chi connectivity index (χ3n) is 2.84. The van der Waals surface area contributed by atoms with Crippen LogP contribution in [0, 0.1) is 5.92 Å². The molecule has 1 aromatic heterocycles. The summed E-state index contributed by atoms with van der Waals surface area (Å²) in [6, 6.07) is 0.434. The molecule has 0 amide bonds. The summed E-state index contributed by atoms with van der Waals surface area (Å²) in [5.41, 5.74) is -0.0232. The van der Waals surface area contributed by atoms with E-state index in [0.29, 0.717) is 11.9 Å². The number of aromatic carboxylic acids is 1. The van der Waals surface area contributed by atoms with Gasteiger partial charge in [0.15, 0.2) is 5.69 Å². The molecule has 0 aromatic carbocycles. The molecule has 0 radical (unpaired) electrons. The topological polar surface area (TPSA) is 66.6 Å². The Labute approximate surface area is 87.7 Å². The lowest BCUT2D eigenvalue weighted by Crippen LogP contribution is -2.19. The molecule has 0 bridgehead atoms. The molecule has 1 unspecified atom stereocenters. The molecule has 0 spiro atoms. The summed E-state index contributed by atoms with van der Waals surface area (Å²) < 4.78 is 5.14. The molecule has 1 atom stereocenters. The van der Waals surface area contributed by atoms with Gasteiger partial charge < -0.3 is 14.4 Å². The van der Waals surface area contributed by atoms with Crippen molar-refractivity contribution in [3.8, 4) is 0 Å². The van der Waals surface area contributed by atoms with Crippen molar-refractivity contribution in [3.05, 3.63) is 12.0 Å². The predicted octanol–water partition coefficient (Wildman–Crippen LogP) is 1.61. The second kappa shape index (κ2) is 3.92. The van der Waals surface area contributed by atoms with Gasteiger partial charge in [-0.1, -0.05) is 13.3 Å². The van der Waals surface area contributed by atoms with Crippen LogP contribution in [-0.4, -0.2) is 29.1 Å². The SMILES string of the molecule is CCC1CCN(c2nc(C(=O)O)co2)C1. The Hall–Kier alpha value is -1.52. The van der Waals surface area contributed by atoms with Gasteiger partial charge in [-0.3, -0.25) is 0 Å². The van der Waals surface area contributed by atoms with E-state index in [-0.39, 0.29) is 5.69 Å². The first-order chi connectivity index (χ1) is 7.20. The van der Waals surface area contributed by atoms with E-state index in [4.69, 9.17) is 9.52 Å². The van der Waals surface area contributed by atoms with Crippen LogP contribution >= 0.6 is 0 Å². The molecule has 1 aliphatic rings. The average molecular weight is 210 g/mol. The normalized spacial score (nSPS) is 20.9. The highest BCUT2D eigenvalue weighted by Gasteiger charge is 2.25. The number of carboxylic acid groups (broad SMARTS) is 1. The average Bonchev–Trinajstić information content (AvgIpc) is 2.86. The van der Waals surface area contributed by atoms with Gasteiger partial charge in [-0.2, -0.15) is 4.98 Å². The van der Waals surface area contributed by atoms with Crippen LogP contribution in [0.15, 0.2) is 10.7 Å². The number of hydrogen-bond donors (Lipinski definition) is 1. The minimum atomic E-state index is -1.05. The first kappa shape index (κ1) is 10.0. The van der Waals surface area contributed by atoms with Crippen molar-refractivity contribution < 1.29 is 14.3 Å². The van der Waals surface area contributed by atoms with Crippen LogP contribution in [0.2, 0.25) is 0 Å². The molecule has 1 N–H and O–H groups in total. The van der Waals surface area contributed by atoms with Gasteiger partial charge in [0.25, 0.3) is 6.01 Å². The van der Waals surface area contributed by atoms with Gasteiger partial charge in [0.2, 0.25) is 0 Å². The van der Waals surface area contributed by atoms with Gasteiger partial charge in [0.1, 0.15) is 6.26 Å². The maximum Gasteiger partial charge on any atom is 0.357 e. The number of nitrogens with zero attached hydrogens (tertiary/aromatic N) is 2. The Morgan fingerprint density at radius 2 is 2.60 bits per heavy atom. The van der Waals surface area contributed by atoms with Crippen LogP contribution in [-0.2, 0) is 0 Å². The van der Waals surface area contributed by atoms with Gasteiger partial charge in [-0.05, 0) is 12.3 Å². The van der Waals surface area contributed by atoms with E-state index in [1.54, 1.807) is 0 Å². The van der Waals surface area contributed by atoms with E-state index in [9.17, 15) is 4.79 Å². The second-order valence-corrected chi connectivity index (χ2v) is 3.83. The number of anilines is 1. The van der Waals surface area contributed by atoms with Crippen molar-refractivity contribution in [2.45, 2.75) is 19.8 Å². The molecule has 82 valence electrons. The number of hydrogen-bond acceptors (Lipinski definition) is 4. The number of oxazole rings is 1. The fourth-order valence-corrected chi connectivity index (χ4v) is 1.85. The van der Waals surface area contributed by atoms with Crippen molar-refractivity contribution in [1.29, 1.82) is 0 Å². The van der Waals surface area contributed by atoms with Crippen LogP contribution in [0.25, 0.3) is 0 Å². The van der Waals surface area contributed by atoms with Crippen LogP contribution in [0.1, 0.15) is 30.3 Å². The lowest BCUT2D eigenvalue weighted by molar-refractivity contribution is 0.0690. The fraction of sp³-hybridized carbons (Fsp3) is 0.600. The highest BCUT2D eigenvalue weighted by molar-refractivity contribution is 5.85. The zero-order valence-corrected chi connectivity index (χ0v) is 8.64. The molecule has 15 heavy (non-hydrogen) atoms. The predicted molar refractivity (Wildman–Crippen MR) is 54.1 cm³/mol. The molecule has 0 saturated carbocycles. The Balaban J connectivity index is 2.07. The lowest BCUT2D eigenvalue weighted by Gasteiger charge is -2.12. The summed E-state index contributed by atoms with van der Waals surface area (Å²) in [4.78, 5) is 16.5. The summed E-state index contributed by atoms with van der Waals surface area (Å²) >= 11 is 0. The van der Waals surface area contributed by atoms with Gasteiger partial charge in [-0.15, -0.1) is 0 Å². The highest BCUT2D eigenvalue weighted by atomic mass is 16.4. The van der Waals surface area contributed by atoms with E-state index in [2.05, 4.69) is 11.9 Å². The molecule has 1 fully saturated rings. The van der Waals surface area contributed by atoms with E-state index in [1.165, 1.54) is 6.26 Å². The Morgan fingerprint density at radius 3 is 3.13 bits per heavy atom. The third kappa shape index (κ3) is 1.95. The molecule has 2 rings (SSSR count). The van der Waals surface area contributed by atoms with Gasteiger partial charge in [0.05, 0.1) is 0 Å². The summed E-state index contributed by atoms with van der Waals surface area (Å²) in [7, 11) is 0. The van der Waals surface area contributed by atoms with E-state index in [0.717, 1.165) is 25.9 Å². The van der Waals surface area contributed by atoms with Crippen LogP contribution in [0.4, 0.5) is 6.01 Å². The summed E-state index contributed by atoms with van der Waals surface area (Å²) in [6.45, 7) is 3.97. The first-order valence-electron chi connectivity index (χ1n) is 5.14. The Morgan fingerprint density at radius 1 is 1.80 bits per heavy atom. The maximum absolute atomic E-state index is 10.6. The summed E-state index contributed by atoms with van der Waals surface area (Å²) in [5.74, 6) is -0.374. The monoisotopic (exact) mass is 210 g/mol. The fourth-order valence-electron chi connectivity index (χ4n) is 1.85. The Kier molecular flexibility index (Phi) is 2.62. The van der Waals surface area contributed by atoms with Crippen LogP contribution < -0.4 is 4.90 Å². The zero-order valence-electron chi connectivity index (χ0n) is 8.64. The largest absolute Gasteiger partial charge is 0.476 e. The van der Waals surface area contributed by atoms with Crippen molar-refractivity contribution in [3.63, 3.8) is 0 Å². The first-order valence-corrected chi connectivity index (χ1v) is 5.14. The number of aromatic nitrogens is 1. The zero-order chi connectivity index (χ0) is 10.8. The molecule has 5 nitrogen and oxygen atoms in total. The molecule has 0 aliphatic carbocycles. The molecule has 2 heterocycles. The standard InChI is InChI=1S/C10H14N2O3/c1-2-7-3-4-12(5-7)10-11-8(6-15-10)9(13)14/h6-7H,2-5H2,1H3,(H,13,14). The van der Waals surface area contributed by atoms with Gasteiger partial charge in [-0.25, -0.2) is 4.79 Å². The Bertz CT molecular complexity index is 361. The molecular formula is C10H14N2O3. The minimum absolute atomic E-state index is 0.0232. The number of carbonyl (C=O) groups is 1. The van der Waals surface area contributed by atoms with Crippen molar-refractivity contribution in [2.24, 2.45) is 5.92 Å². The molecule has 1 saturated heterocycles. The summed E-state index contributed by atoms with van der Waals surface area (Å²) in [6.07, 6.45) is 3.46. The van der Waals surface area contributed by atoms with Crippen LogP contribution in [0.5, 0.6) is 0 Å². The molecule has 1 aliphatic heterocycles. The van der Waals surface area contributed by atoms with E-state index >= 15 is 0 Å². The number of carboxylic acids is 1. The van der Waals surface area contributed by atoms with Crippen molar-refractivity contribution >= 4 is 12.0 Å². The van der Waals surface area contributed by atoms with Crippen molar-refractivity contribution in [1.82, 2.24) is 4.98 Å². The second-order valence-electron chi connectivity index (χ2n) is 3.83. The molecule has 5 heteroatoms. The van der Waals surface area contributed by atoms with Crippen molar-refractivity contribution in [2.75, 3.05) is 18.0 Å². The quantitative estimate of drug-likeness (QED) is 0.820. The minimum Gasteiger partial charge on any atom is -0.476 e.